The fraction of sp³-hybridized carbons (Fsp3) is 0. The SMILES string of the molecule is Nc1ccc(C(=O)Nc2cc(Cl)ccc2F)c(N)c1. The Morgan fingerprint density at radius 2 is 1.89 bits per heavy atom. The Bertz CT molecular complexity index is 646. The first-order valence-corrected chi connectivity index (χ1v) is 5.76. The number of anilines is 3. The number of halogens is 2. The van der Waals surface area contributed by atoms with Gasteiger partial charge in [0.2, 0.25) is 0 Å². The summed E-state index contributed by atoms with van der Waals surface area (Å²) in [6.45, 7) is 0. The molecular weight excluding hydrogens is 269 g/mol. The van der Waals surface area contributed by atoms with Gasteiger partial charge in [-0.1, -0.05) is 11.6 Å². The Kier molecular flexibility index (Phi) is 3.57. The maximum Gasteiger partial charge on any atom is 0.257 e. The normalized spacial score (nSPS) is 10.2. The van der Waals surface area contributed by atoms with Crippen molar-refractivity contribution in [2.24, 2.45) is 0 Å². The number of nitrogens with two attached hydrogens (primary N) is 2. The van der Waals surface area contributed by atoms with E-state index in [-0.39, 0.29) is 16.9 Å². The van der Waals surface area contributed by atoms with Crippen molar-refractivity contribution in [3.05, 3.63) is 52.8 Å². The van der Waals surface area contributed by atoms with Crippen LogP contribution in [0.3, 0.4) is 0 Å². The molecule has 0 aromatic heterocycles. The molecule has 98 valence electrons. The zero-order chi connectivity index (χ0) is 14.0. The quantitative estimate of drug-likeness (QED) is 0.739. The molecule has 0 unspecified atom stereocenters. The summed E-state index contributed by atoms with van der Waals surface area (Å²) in [4.78, 5) is 12.0. The summed E-state index contributed by atoms with van der Waals surface area (Å²) in [5.41, 5.74) is 12.1. The number of hydrogen-bond acceptors (Lipinski definition) is 3. The van der Waals surface area contributed by atoms with Crippen LogP contribution >= 0.6 is 11.6 Å². The Morgan fingerprint density at radius 3 is 2.58 bits per heavy atom. The molecule has 4 nitrogen and oxygen atoms in total. The lowest BCUT2D eigenvalue weighted by Crippen LogP contribution is -2.15. The van der Waals surface area contributed by atoms with Crippen molar-refractivity contribution >= 4 is 34.6 Å². The van der Waals surface area contributed by atoms with E-state index in [0.29, 0.717) is 10.7 Å². The lowest BCUT2D eigenvalue weighted by molar-refractivity contribution is 0.102. The average Bonchev–Trinajstić information content (AvgIpc) is 2.33. The largest absolute Gasteiger partial charge is 0.399 e. The van der Waals surface area contributed by atoms with Gasteiger partial charge in [0.1, 0.15) is 5.82 Å². The Hall–Kier alpha value is -2.27. The van der Waals surface area contributed by atoms with Crippen LogP contribution in [-0.2, 0) is 0 Å². The molecule has 0 aliphatic carbocycles. The lowest BCUT2D eigenvalue weighted by Gasteiger charge is -2.09. The zero-order valence-corrected chi connectivity index (χ0v) is 10.5. The van der Waals surface area contributed by atoms with Crippen molar-refractivity contribution in [1.29, 1.82) is 0 Å². The highest BCUT2D eigenvalue weighted by Crippen LogP contribution is 2.22. The molecule has 2 aromatic carbocycles. The van der Waals surface area contributed by atoms with Gasteiger partial charge in [0.05, 0.1) is 11.3 Å². The number of nitrogens with one attached hydrogen (secondary N) is 1. The summed E-state index contributed by atoms with van der Waals surface area (Å²) in [5.74, 6) is -1.11. The molecular formula is C13H11ClFN3O. The maximum absolute atomic E-state index is 13.5. The fourth-order valence-corrected chi connectivity index (χ4v) is 1.74. The summed E-state index contributed by atoms with van der Waals surface area (Å²) < 4.78 is 13.5. The van der Waals surface area contributed by atoms with Crippen LogP contribution in [0.1, 0.15) is 10.4 Å². The third kappa shape index (κ3) is 2.95. The number of hydrogen-bond donors (Lipinski definition) is 3. The molecule has 0 atom stereocenters. The van der Waals surface area contributed by atoms with E-state index < -0.39 is 11.7 Å². The van der Waals surface area contributed by atoms with E-state index >= 15 is 0 Å². The highest BCUT2D eigenvalue weighted by atomic mass is 35.5. The molecule has 0 heterocycles. The molecule has 0 aliphatic rings. The second kappa shape index (κ2) is 5.16. The summed E-state index contributed by atoms with van der Waals surface area (Å²) in [6, 6.07) is 8.36. The number of rotatable bonds is 2. The van der Waals surface area contributed by atoms with Gasteiger partial charge in [0.15, 0.2) is 0 Å². The van der Waals surface area contributed by atoms with Crippen molar-refractivity contribution < 1.29 is 9.18 Å². The van der Waals surface area contributed by atoms with Gasteiger partial charge in [-0.15, -0.1) is 0 Å². The molecule has 19 heavy (non-hydrogen) atoms. The van der Waals surface area contributed by atoms with Crippen molar-refractivity contribution in [2.45, 2.75) is 0 Å². The molecule has 0 radical (unpaired) electrons. The number of nitrogen functional groups attached to an aromatic ring is 2. The lowest BCUT2D eigenvalue weighted by atomic mass is 10.1. The first-order chi connectivity index (χ1) is 8.97. The fourth-order valence-electron chi connectivity index (χ4n) is 1.57. The van der Waals surface area contributed by atoms with Gasteiger partial charge in [-0.05, 0) is 36.4 Å². The zero-order valence-electron chi connectivity index (χ0n) is 9.78. The maximum atomic E-state index is 13.5. The smallest absolute Gasteiger partial charge is 0.257 e. The molecule has 0 bridgehead atoms. The predicted octanol–water partition coefficient (Wildman–Crippen LogP) is 2.90. The van der Waals surface area contributed by atoms with E-state index in [1.807, 2.05) is 0 Å². The van der Waals surface area contributed by atoms with Gasteiger partial charge in [0.25, 0.3) is 5.91 Å². The minimum absolute atomic E-state index is 0.00581. The third-order valence-corrected chi connectivity index (χ3v) is 2.73. The van der Waals surface area contributed by atoms with Crippen molar-refractivity contribution in [3.63, 3.8) is 0 Å². The second-order valence-corrected chi connectivity index (χ2v) is 4.36. The second-order valence-electron chi connectivity index (χ2n) is 3.92. The van der Waals surface area contributed by atoms with E-state index in [2.05, 4.69) is 5.32 Å². The first kappa shape index (κ1) is 13.2. The summed E-state index contributed by atoms with van der Waals surface area (Å²) in [6.07, 6.45) is 0. The monoisotopic (exact) mass is 279 g/mol. The van der Waals surface area contributed by atoms with Crippen LogP contribution in [0.15, 0.2) is 36.4 Å². The van der Waals surface area contributed by atoms with Gasteiger partial charge in [-0.25, -0.2) is 4.39 Å². The third-order valence-electron chi connectivity index (χ3n) is 2.50. The molecule has 1 amide bonds. The summed E-state index contributed by atoms with van der Waals surface area (Å²) in [5, 5.41) is 2.73. The molecule has 0 saturated heterocycles. The Morgan fingerprint density at radius 1 is 1.16 bits per heavy atom. The van der Waals surface area contributed by atoms with E-state index in [9.17, 15) is 9.18 Å². The minimum atomic E-state index is -0.577. The molecule has 0 fully saturated rings. The van der Waals surface area contributed by atoms with Crippen LogP contribution in [0.5, 0.6) is 0 Å². The molecule has 6 heteroatoms. The van der Waals surface area contributed by atoms with Gasteiger partial charge >= 0.3 is 0 Å². The van der Waals surface area contributed by atoms with E-state index in [1.165, 1.54) is 30.3 Å². The number of amides is 1. The van der Waals surface area contributed by atoms with E-state index in [0.717, 1.165) is 0 Å². The minimum Gasteiger partial charge on any atom is -0.399 e. The van der Waals surface area contributed by atoms with E-state index in [1.54, 1.807) is 6.07 Å². The summed E-state index contributed by atoms with van der Waals surface area (Å²) in [7, 11) is 0. The Labute approximate surface area is 114 Å². The molecule has 5 N–H and O–H groups in total. The van der Waals surface area contributed by atoms with Gasteiger partial charge in [0, 0.05) is 16.4 Å². The highest BCUT2D eigenvalue weighted by molar-refractivity contribution is 6.31. The van der Waals surface area contributed by atoms with Crippen LogP contribution in [0.4, 0.5) is 21.5 Å². The van der Waals surface area contributed by atoms with Crippen LogP contribution in [0, 0.1) is 5.82 Å². The van der Waals surface area contributed by atoms with Crippen LogP contribution < -0.4 is 16.8 Å². The average molecular weight is 280 g/mol. The summed E-state index contributed by atoms with van der Waals surface area (Å²) >= 11 is 5.74. The number of carbonyl (C=O) groups excluding carboxylic acids is 1. The number of benzene rings is 2. The molecule has 0 spiro atoms. The van der Waals surface area contributed by atoms with Gasteiger partial charge in [-0.3, -0.25) is 4.79 Å². The predicted molar refractivity (Wildman–Crippen MR) is 74.6 cm³/mol. The standard InChI is InChI=1S/C13H11ClFN3O/c14-7-1-4-10(15)12(5-7)18-13(19)9-3-2-8(16)6-11(9)17/h1-6H,16-17H2,(H,18,19). The van der Waals surface area contributed by atoms with Crippen molar-refractivity contribution in [2.75, 3.05) is 16.8 Å². The van der Waals surface area contributed by atoms with Gasteiger partial charge in [-0.2, -0.15) is 0 Å². The topological polar surface area (TPSA) is 81.1 Å². The van der Waals surface area contributed by atoms with Gasteiger partial charge < -0.3 is 16.8 Å². The van der Waals surface area contributed by atoms with Crippen molar-refractivity contribution in [3.8, 4) is 0 Å². The van der Waals surface area contributed by atoms with E-state index in [4.69, 9.17) is 23.1 Å². The molecule has 0 aliphatic heterocycles. The van der Waals surface area contributed by atoms with Crippen LogP contribution in [0.25, 0.3) is 0 Å². The molecule has 2 rings (SSSR count). The highest BCUT2D eigenvalue weighted by Gasteiger charge is 2.12. The molecule has 0 saturated carbocycles. The van der Waals surface area contributed by atoms with Crippen LogP contribution in [0.2, 0.25) is 5.02 Å². The van der Waals surface area contributed by atoms with Crippen LogP contribution in [-0.4, -0.2) is 5.91 Å². The first-order valence-electron chi connectivity index (χ1n) is 5.39. The Balaban J connectivity index is 2.28. The van der Waals surface area contributed by atoms with Crippen molar-refractivity contribution in [1.82, 2.24) is 0 Å². The molecule has 2 aromatic rings. The number of carbonyl (C=O) groups is 1.